The van der Waals surface area contributed by atoms with Crippen LogP contribution in [-0.2, 0) is 19.6 Å². The van der Waals surface area contributed by atoms with E-state index in [0.717, 1.165) is 12.0 Å². The molecule has 0 aromatic heterocycles. The molecule has 0 saturated carbocycles. The van der Waals surface area contributed by atoms with Crippen molar-refractivity contribution in [1.82, 2.24) is 0 Å². The zero-order valence-electron chi connectivity index (χ0n) is 17.5. The molecule has 166 valence electrons. The first-order valence-corrected chi connectivity index (χ1v) is 11.6. The number of ether oxygens (including phenoxy) is 1. The molecular formula is C22H26N2O6S. The molecule has 8 nitrogen and oxygen atoms in total. The van der Waals surface area contributed by atoms with Gasteiger partial charge in [-0.05, 0) is 57.0 Å². The molecule has 0 aliphatic carbocycles. The Bertz CT molecular complexity index is 1070. The molecule has 31 heavy (non-hydrogen) atoms. The van der Waals surface area contributed by atoms with Crippen molar-refractivity contribution in [2.45, 2.75) is 31.6 Å². The number of carbonyl (C=O) groups excluding carboxylic acids is 1. The maximum atomic E-state index is 12.9. The molecule has 2 aromatic rings. The number of nitrogens with one attached hydrogen (secondary N) is 1. The van der Waals surface area contributed by atoms with Gasteiger partial charge in [-0.3, -0.25) is 9.52 Å². The third-order valence-corrected chi connectivity index (χ3v) is 6.58. The van der Waals surface area contributed by atoms with Gasteiger partial charge in [0.05, 0.1) is 34.4 Å². The quantitative estimate of drug-likeness (QED) is 0.628. The Morgan fingerprint density at radius 1 is 1.19 bits per heavy atom. The maximum Gasteiger partial charge on any atom is 0.335 e. The first-order valence-electron chi connectivity index (χ1n) is 10.1. The molecule has 0 bridgehead atoms. The molecule has 2 N–H and O–H groups in total. The van der Waals surface area contributed by atoms with Crippen molar-refractivity contribution in [3.05, 3.63) is 53.6 Å². The van der Waals surface area contributed by atoms with Crippen molar-refractivity contribution in [2.75, 3.05) is 29.3 Å². The van der Waals surface area contributed by atoms with Gasteiger partial charge in [0.1, 0.15) is 0 Å². The highest BCUT2D eigenvalue weighted by molar-refractivity contribution is 7.92. The van der Waals surface area contributed by atoms with Crippen molar-refractivity contribution in [2.24, 2.45) is 5.92 Å². The highest BCUT2D eigenvalue weighted by atomic mass is 32.2. The standard InChI is InChI=1S/C22H26N2O6S/c1-3-30-22(27)17-5-4-12-24(14-17)20-11-8-16(21(25)26)13-19(20)23-31(28,29)18-9-6-15(2)7-10-18/h6-11,13,17,23H,3-5,12,14H2,1-2H3,(H,25,26)/t17-/m1/s1. The average molecular weight is 447 g/mol. The minimum Gasteiger partial charge on any atom is -0.478 e. The van der Waals surface area contributed by atoms with Gasteiger partial charge in [0.2, 0.25) is 0 Å². The van der Waals surface area contributed by atoms with Crippen LogP contribution >= 0.6 is 0 Å². The lowest BCUT2D eigenvalue weighted by atomic mass is 9.97. The van der Waals surface area contributed by atoms with E-state index in [1.807, 2.05) is 11.8 Å². The number of carboxylic acids is 1. The van der Waals surface area contributed by atoms with Gasteiger partial charge in [-0.15, -0.1) is 0 Å². The summed E-state index contributed by atoms with van der Waals surface area (Å²) in [6.45, 7) is 4.88. The number of esters is 1. The number of rotatable bonds is 7. The normalized spacial score (nSPS) is 16.6. The van der Waals surface area contributed by atoms with E-state index < -0.39 is 16.0 Å². The Morgan fingerprint density at radius 3 is 2.55 bits per heavy atom. The van der Waals surface area contributed by atoms with Gasteiger partial charge in [0.15, 0.2) is 0 Å². The summed E-state index contributed by atoms with van der Waals surface area (Å²) in [5.41, 5.74) is 1.56. The molecule has 1 aliphatic rings. The van der Waals surface area contributed by atoms with Gasteiger partial charge in [0.25, 0.3) is 10.0 Å². The van der Waals surface area contributed by atoms with Crippen LogP contribution in [0.2, 0.25) is 0 Å². The first kappa shape index (κ1) is 22.6. The Morgan fingerprint density at radius 2 is 1.90 bits per heavy atom. The van der Waals surface area contributed by atoms with E-state index in [1.165, 1.54) is 24.3 Å². The van der Waals surface area contributed by atoms with Crippen LogP contribution in [0.15, 0.2) is 47.4 Å². The molecule has 3 rings (SSSR count). The summed E-state index contributed by atoms with van der Waals surface area (Å²) < 4.78 is 33.5. The number of hydrogen-bond donors (Lipinski definition) is 2. The van der Waals surface area contributed by atoms with Crippen molar-refractivity contribution in [3.8, 4) is 0 Å². The van der Waals surface area contributed by atoms with E-state index in [0.29, 0.717) is 31.8 Å². The third kappa shape index (κ3) is 5.35. The van der Waals surface area contributed by atoms with Crippen LogP contribution in [-0.4, -0.2) is 45.2 Å². The SMILES string of the molecule is CCOC(=O)[C@@H]1CCCN(c2ccc(C(=O)O)cc2NS(=O)(=O)c2ccc(C)cc2)C1. The fourth-order valence-electron chi connectivity index (χ4n) is 3.60. The van der Waals surface area contributed by atoms with Crippen LogP contribution in [0.1, 0.15) is 35.7 Å². The number of anilines is 2. The fraction of sp³-hybridized carbons (Fsp3) is 0.364. The summed E-state index contributed by atoms with van der Waals surface area (Å²) in [4.78, 5) is 25.7. The third-order valence-electron chi connectivity index (χ3n) is 5.20. The molecule has 1 aliphatic heterocycles. The van der Waals surface area contributed by atoms with Gasteiger partial charge < -0.3 is 14.7 Å². The largest absolute Gasteiger partial charge is 0.478 e. The summed E-state index contributed by atoms with van der Waals surface area (Å²) in [5, 5.41) is 9.38. The second-order valence-electron chi connectivity index (χ2n) is 7.49. The summed E-state index contributed by atoms with van der Waals surface area (Å²) in [7, 11) is -3.93. The summed E-state index contributed by atoms with van der Waals surface area (Å²) in [6, 6.07) is 10.7. The number of carboxylic acid groups (broad SMARTS) is 1. The number of nitrogens with zero attached hydrogens (tertiary/aromatic N) is 1. The Labute approximate surface area is 181 Å². The Balaban J connectivity index is 1.95. The topological polar surface area (TPSA) is 113 Å². The molecule has 2 aromatic carbocycles. The highest BCUT2D eigenvalue weighted by Gasteiger charge is 2.29. The van der Waals surface area contributed by atoms with Gasteiger partial charge >= 0.3 is 11.9 Å². The van der Waals surface area contributed by atoms with Crippen molar-refractivity contribution < 1.29 is 27.9 Å². The van der Waals surface area contributed by atoms with Gasteiger partial charge in [-0.1, -0.05) is 17.7 Å². The number of sulfonamides is 1. The molecule has 0 unspecified atom stereocenters. The molecule has 1 heterocycles. The summed E-state index contributed by atoms with van der Waals surface area (Å²) in [5.74, 6) is -1.77. The smallest absolute Gasteiger partial charge is 0.335 e. The zero-order chi connectivity index (χ0) is 22.6. The lowest BCUT2D eigenvalue weighted by Crippen LogP contribution is -2.39. The van der Waals surface area contributed by atoms with Crippen LogP contribution in [0.5, 0.6) is 0 Å². The van der Waals surface area contributed by atoms with Crippen molar-refractivity contribution >= 4 is 33.3 Å². The van der Waals surface area contributed by atoms with Crippen LogP contribution in [0.25, 0.3) is 0 Å². The van der Waals surface area contributed by atoms with Gasteiger partial charge in [-0.2, -0.15) is 0 Å². The number of piperidine rings is 1. The predicted octanol–water partition coefficient (Wildman–Crippen LogP) is 3.27. The van der Waals surface area contributed by atoms with Crippen LogP contribution < -0.4 is 9.62 Å². The molecule has 9 heteroatoms. The second kappa shape index (κ2) is 9.38. The minimum absolute atomic E-state index is 0.0377. The number of carbonyl (C=O) groups is 2. The second-order valence-corrected chi connectivity index (χ2v) is 9.18. The fourth-order valence-corrected chi connectivity index (χ4v) is 4.66. The maximum absolute atomic E-state index is 12.9. The molecule has 1 atom stereocenters. The predicted molar refractivity (Wildman–Crippen MR) is 117 cm³/mol. The number of aromatic carboxylic acids is 1. The van der Waals surface area contributed by atoms with Crippen molar-refractivity contribution in [3.63, 3.8) is 0 Å². The molecular weight excluding hydrogens is 420 g/mol. The van der Waals surface area contributed by atoms with E-state index in [-0.39, 0.29) is 28.0 Å². The van der Waals surface area contributed by atoms with Gasteiger partial charge in [-0.25, -0.2) is 13.2 Å². The molecule has 1 saturated heterocycles. The monoisotopic (exact) mass is 446 g/mol. The highest BCUT2D eigenvalue weighted by Crippen LogP contribution is 2.33. The first-order chi connectivity index (χ1) is 14.7. The van der Waals surface area contributed by atoms with E-state index >= 15 is 0 Å². The Kier molecular flexibility index (Phi) is 6.84. The van der Waals surface area contributed by atoms with E-state index in [2.05, 4.69) is 4.72 Å². The minimum atomic E-state index is -3.93. The number of benzene rings is 2. The molecule has 0 spiro atoms. The average Bonchev–Trinajstić information content (AvgIpc) is 2.74. The molecule has 0 amide bonds. The number of hydrogen-bond acceptors (Lipinski definition) is 6. The van der Waals surface area contributed by atoms with E-state index in [1.54, 1.807) is 25.1 Å². The summed E-state index contributed by atoms with van der Waals surface area (Å²) in [6.07, 6.45) is 1.42. The zero-order valence-corrected chi connectivity index (χ0v) is 18.3. The lowest BCUT2D eigenvalue weighted by Gasteiger charge is -2.34. The molecule has 0 radical (unpaired) electrons. The van der Waals surface area contributed by atoms with Gasteiger partial charge in [0, 0.05) is 13.1 Å². The van der Waals surface area contributed by atoms with Crippen molar-refractivity contribution in [1.29, 1.82) is 0 Å². The van der Waals surface area contributed by atoms with E-state index in [9.17, 15) is 23.1 Å². The van der Waals surface area contributed by atoms with E-state index in [4.69, 9.17) is 4.74 Å². The van der Waals surface area contributed by atoms with Crippen LogP contribution in [0.3, 0.4) is 0 Å². The lowest BCUT2D eigenvalue weighted by molar-refractivity contribution is -0.148. The number of aryl methyl sites for hydroxylation is 1. The Hall–Kier alpha value is -3.07. The summed E-state index contributed by atoms with van der Waals surface area (Å²) >= 11 is 0. The molecule has 1 fully saturated rings. The van der Waals surface area contributed by atoms with Crippen LogP contribution in [0.4, 0.5) is 11.4 Å². The van der Waals surface area contributed by atoms with Crippen LogP contribution in [0, 0.1) is 12.8 Å².